The van der Waals surface area contributed by atoms with Gasteiger partial charge in [-0.05, 0) is 34.7 Å². The summed E-state index contributed by atoms with van der Waals surface area (Å²) < 4.78 is 0. The van der Waals surface area contributed by atoms with Crippen LogP contribution in [0, 0.1) is 0 Å². The van der Waals surface area contributed by atoms with E-state index < -0.39 is 0 Å². The minimum absolute atomic E-state index is 0.0854. The summed E-state index contributed by atoms with van der Waals surface area (Å²) in [6, 6.07) is 21.3. The third-order valence-corrected chi connectivity index (χ3v) is 15.9. The van der Waals surface area contributed by atoms with E-state index in [9.17, 15) is 0 Å². The van der Waals surface area contributed by atoms with Crippen LogP contribution in [-0.4, -0.2) is 10.3 Å². The second kappa shape index (κ2) is 11.3. The Balaban J connectivity index is 0.000000260. The molecule has 2 aromatic carbocycles. The van der Waals surface area contributed by atoms with Crippen molar-refractivity contribution < 1.29 is 0 Å². The summed E-state index contributed by atoms with van der Waals surface area (Å²) in [6.45, 7) is 13.6. The maximum atomic E-state index is 3.80. The fourth-order valence-corrected chi connectivity index (χ4v) is 5.71. The second-order valence-corrected chi connectivity index (χ2v) is 18.3. The highest BCUT2D eigenvalue weighted by atomic mass is 79.9. The van der Waals surface area contributed by atoms with Gasteiger partial charge in [-0.15, -0.1) is 0 Å². The zero-order valence-corrected chi connectivity index (χ0v) is 21.8. The van der Waals surface area contributed by atoms with E-state index in [1.165, 1.54) is 23.5 Å². The molecule has 0 bridgehead atoms. The Kier molecular flexibility index (Phi) is 10.6. The van der Waals surface area contributed by atoms with Crippen LogP contribution in [-0.2, 0) is 12.3 Å². The molecule has 0 heterocycles. The van der Waals surface area contributed by atoms with Gasteiger partial charge in [0.2, 0.25) is 0 Å². The van der Waals surface area contributed by atoms with Gasteiger partial charge in [0.1, 0.15) is 0 Å². The fraction of sp³-hybridized carbons (Fsp3) is 0.455. The monoisotopic (exact) mass is 516 g/mol. The first kappa shape index (κ1) is 24.3. The quantitative estimate of drug-likeness (QED) is 0.354. The van der Waals surface area contributed by atoms with Gasteiger partial charge in [-0.1, -0.05) is 133 Å². The number of rotatable bonds is 4. The van der Waals surface area contributed by atoms with Crippen LogP contribution >= 0.6 is 44.2 Å². The van der Waals surface area contributed by atoms with Gasteiger partial charge in [0.25, 0.3) is 0 Å². The van der Waals surface area contributed by atoms with Gasteiger partial charge >= 0.3 is 0 Å². The Morgan fingerprint density at radius 3 is 1.08 bits per heavy atom. The molecule has 0 amide bonds. The van der Waals surface area contributed by atoms with Crippen LogP contribution in [0.25, 0.3) is 0 Å². The van der Waals surface area contributed by atoms with E-state index in [1.54, 1.807) is 0 Å². The Morgan fingerprint density at radius 1 is 0.577 bits per heavy atom. The summed E-state index contributed by atoms with van der Waals surface area (Å²) in [5, 5.41) is 0.788. The molecule has 0 aliphatic rings. The number of benzene rings is 2. The van der Waals surface area contributed by atoms with E-state index in [1.807, 2.05) is 0 Å². The van der Waals surface area contributed by atoms with Crippen molar-refractivity contribution in [2.24, 2.45) is 0 Å². The molecule has 0 saturated heterocycles. The van der Waals surface area contributed by atoms with Crippen LogP contribution in [0.15, 0.2) is 60.7 Å². The average molecular weight is 518 g/mol. The minimum atomic E-state index is -0.0854. The molecule has 2 aromatic rings. The van der Waals surface area contributed by atoms with Crippen LogP contribution in [0.1, 0.15) is 52.7 Å². The van der Waals surface area contributed by atoms with Crippen molar-refractivity contribution in [3.05, 3.63) is 71.8 Å². The van der Waals surface area contributed by atoms with E-state index in [0.717, 1.165) is 0 Å². The van der Waals surface area contributed by atoms with Crippen molar-refractivity contribution in [1.82, 2.24) is 0 Å². The van der Waals surface area contributed by atoms with E-state index in [-0.39, 0.29) is 13.2 Å². The average Bonchev–Trinajstić information content (AvgIpc) is 2.55. The van der Waals surface area contributed by atoms with Crippen LogP contribution in [0.3, 0.4) is 0 Å². The lowest BCUT2D eigenvalue weighted by Crippen LogP contribution is -2.08. The first-order valence-electron chi connectivity index (χ1n) is 8.95. The first-order chi connectivity index (χ1) is 12.0. The molecule has 2 rings (SSSR count). The molecule has 0 aliphatic carbocycles. The molecule has 0 radical (unpaired) electrons. The molecule has 0 aliphatic heterocycles. The molecule has 26 heavy (non-hydrogen) atoms. The van der Waals surface area contributed by atoms with Crippen LogP contribution in [0.5, 0.6) is 0 Å². The van der Waals surface area contributed by atoms with Gasteiger partial charge < -0.3 is 0 Å². The molecule has 0 fully saturated rings. The van der Waals surface area contributed by atoms with Gasteiger partial charge in [0, 0.05) is 12.3 Å². The molecule has 4 heteroatoms. The molecule has 0 spiro atoms. The van der Waals surface area contributed by atoms with Crippen molar-refractivity contribution in [3.8, 4) is 0 Å². The third-order valence-electron chi connectivity index (χ3n) is 3.78. The molecule has 0 N–H and O–H groups in total. The second-order valence-electron chi connectivity index (χ2n) is 8.35. The SMILES string of the molecule is CC(C)(C)P(Br)Cc1ccccc1.CC(C)(C)P(Br)Cc1ccccc1. The van der Waals surface area contributed by atoms with Gasteiger partial charge in [0.05, 0.1) is 0 Å². The predicted molar refractivity (Wildman–Crippen MR) is 131 cm³/mol. The highest BCUT2D eigenvalue weighted by Gasteiger charge is 2.22. The van der Waals surface area contributed by atoms with Crippen molar-refractivity contribution in [2.45, 2.75) is 64.2 Å². The topological polar surface area (TPSA) is 0 Å². The van der Waals surface area contributed by atoms with Gasteiger partial charge in [-0.3, -0.25) is 0 Å². The summed E-state index contributed by atoms with van der Waals surface area (Å²) >= 11 is 7.60. The number of halogens is 2. The Morgan fingerprint density at radius 2 is 0.846 bits per heavy atom. The Hall–Kier alpha value is 0.260. The van der Waals surface area contributed by atoms with E-state index in [0.29, 0.717) is 10.3 Å². The summed E-state index contributed by atoms with van der Waals surface area (Å²) in [5.74, 6) is 0. The lowest BCUT2D eigenvalue weighted by atomic mass is 10.2. The predicted octanol–water partition coefficient (Wildman–Crippen LogP) is 9.55. The van der Waals surface area contributed by atoms with Crippen molar-refractivity contribution in [2.75, 3.05) is 0 Å². The molecule has 0 saturated carbocycles. The fourth-order valence-electron chi connectivity index (χ4n) is 1.96. The maximum Gasteiger partial charge on any atom is 0.00302 e. The van der Waals surface area contributed by atoms with Crippen LogP contribution in [0.2, 0.25) is 0 Å². The summed E-state index contributed by atoms with van der Waals surface area (Å²) in [5.41, 5.74) is 2.86. The molecule has 0 aromatic heterocycles. The van der Waals surface area contributed by atoms with Crippen molar-refractivity contribution in [3.63, 3.8) is 0 Å². The highest BCUT2D eigenvalue weighted by Crippen LogP contribution is 2.58. The zero-order chi connectivity index (χ0) is 19.8. The van der Waals surface area contributed by atoms with Gasteiger partial charge in [-0.25, -0.2) is 0 Å². The Bertz CT molecular complexity index is 559. The van der Waals surface area contributed by atoms with E-state index in [4.69, 9.17) is 0 Å². The molecule has 2 unspecified atom stereocenters. The largest absolute Gasteiger partial charge is 0.0622 e. The first-order valence-corrected chi connectivity index (χ1v) is 16.0. The number of hydrogen-bond donors (Lipinski definition) is 0. The smallest absolute Gasteiger partial charge is 0.00302 e. The highest BCUT2D eigenvalue weighted by molar-refractivity contribution is 9.39. The van der Waals surface area contributed by atoms with Gasteiger partial charge in [-0.2, -0.15) is 0 Å². The zero-order valence-electron chi connectivity index (χ0n) is 16.8. The Labute approximate surface area is 179 Å². The lowest BCUT2D eigenvalue weighted by molar-refractivity contribution is 0.790. The summed E-state index contributed by atoms with van der Waals surface area (Å²) in [6.07, 6.45) is 2.33. The van der Waals surface area contributed by atoms with Crippen molar-refractivity contribution in [1.29, 1.82) is 0 Å². The minimum Gasteiger partial charge on any atom is -0.0622 e. The normalized spacial score (nSPS) is 14.2. The summed E-state index contributed by atoms with van der Waals surface area (Å²) in [7, 11) is 0. The molecule has 2 atom stereocenters. The summed E-state index contributed by atoms with van der Waals surface area (Å²) in [4.78, 5) is 0. The maximum absolute atomic E-state index is 3.80. The van der Waals surface area contributed by atoms with E-state index >= 15 is 0 Å². The molecular weight excluding hydrogens is 486 g/mol. The van der Waals surface area contributed by atoms with E-state index in [2.05, 4.69) is 133 Å². The van der Waals surface area contributed by atoms with Crippen molar-refractivity contribution >= 4 is 44.2 Å². The molecular formula is C22H32Br2P2. The lowest BCUT2D eigenvalue weighted by Gasteiger charge is -2.25. The molecule has 144 valence electrons. The van der Waals surface area contributed by atoms with Crippen LogP contribution < -0.4 is 0 Å². The standard InChI is InChI=1S/2C11H16BrP/c2*1-11(2,3)13(12)9-10-7-5-4-6-8-10/h2*4-8H,9H2,1-3H3. The third kappa shape index (κ3) is 9.98. The van der Waals surface area contributed by atoms with Crippen LogP contribution in [0.4, 0.5) is 0 Å². The number of hydrogen-bond acceptors (Lipinski definition) is 0. The van der Waals surface area contributed by atoms with Gasteiger partial charge in [0.15, 0.2) is 0 Å². The molecule has 0 nitrogen and oxygen atoms in total.